The summed E-state index contributed by atoms with van der Waals surface area (Å²) in [5.41, 5.74) is 0.359. The smallest absolute Gasteiger partial charge is 0.331 e. The molecule has 2 aliphatic rings. The predicted molar refractivity (Wildman–Crippen MR) is 59.8 cm³/mol. The molecule has 2 aliphatic carbocycles. The Kier molecular flexibility index (Phi) is 2.38. The number of carbonyl (C=O) groups excluding carboxylic acids is 1. The molecule has 0 saturated heterocycles. The van der Waals surface area contributed by atoms with Crippen molar-refractivity contribution in [3.8, 4) is 0 Å². The van der Waals surface area contributed by atoms with Crippen molar-refractivity contribution in [3.63, 3.8) is 0 Å². The van der Waals surface area contributed by atoms with Gasteiger partial charge in [-0.25, -0.2) is 4.79 Å². The minimum atomic E-state index is -0.583. The maximum Gasteiger partial charge on any atom is 0.331 e. The molecule has 90 valence electrons. The van der Waals surface area contributed by atoms with Crippen LogP contribution in [0.2, 0.25) is 0 Å². The zero-order valence-corrected chi connectivity index (χ0v) is 10.3. The van der Waals surface area contributed by atoms with Crippen LogP contribution < -0.4 is 0 Å². The van der Waals surface area contributed by atoms with Gasteiger partial charge in [-0.15, -0.1) is 0 Å². The van der Waals surface area contributed by atoms with Gasteiger partial charge in [-0.1, -0.05) is 25.9 Å². The number of nitrogens with zero attached hydrogens (tertiary/aromatic N) is 1. The number of aliphatic hydroxyl groups excluding tert-OH is 1. The van der Waals surface area contributed by atoms with Gasteiger partial charge in [0.25, 0.3) is 0 Å². The van der Waals surface area contributed by atoms with Crippen molar-refractivity contribution in [3.05, 3.63) is 0 Å². The molecule has 0 heterocycles. The molecule has 3 atom stereocenters. The molecule has 2 fully saturated rings. The lowest BCUT2D eigenvalue weighted by Crippen LogP contribution is -2.43. The van der Waals surface area contributed by atoms with Crippen LogP contribution >= 0.6 is 0 Å². The highest BCUT2D eigenvalue weighted by Gasteiger charge is 2.64. The van der Waals surface area contributed by atoms with Crippen LogP contribution in [0.5, 0.6) is 0 Å². The standard InChI is InChI=1S/C12H19NO3/c1-7(14)16-13-9-10(15)12(4)6-5-8(12)11(9,2)3/h8,10,15H,5-6H2,1-4H3. The molecule has 0 aromatic carbocycles. The molecule has 0 aromatic heterocycles. The number of rotatable bonds is 1. The fourth-order valence-electron chi connectivity index (χ4n) is 3.38. The van der Waals surface area contributed by atoms with Crippen molar-refractivity contribution in [1.29, 1.82) is 0 Å². The van der Waals surface area contributed by atoms with Crippen molar-refractivity contribution < 1.29 is 14.7 Å². The van der Waals surface area contributed by atoms with E-state index in [0.717, 1.165) is 12.8 Å². The van der Waals surface area contributed by atoms with Crippen molar-refractivity contribution >= 4 is 11.7 Å². The molecule has 3 unspecified atom stereocenters. The first kappa shape index (κ1) is 11.6. The van der Waals surface area contributed by atoms with E-state index in [0.29, 0.717) is 11.6 Å². The second kappa shape index (κ2) is 3.29. The highest BCUT2D eigenvalue weighted by molar-refractivity contribution is 5.97. The van der Waals surface area contributed by atoms with Gasteiger partial charge in [0.15, 0.2) is 0 Å². The number of hydrogen-bond acceptors (Lipinski definition) is 4. The van der Waals surface area contributed by atoms with Gasteiger partial charge in [0.05, 0.1) is 5.71 Å². The van der Waals surface area contributed by atoms with E-state index < -0.39 is 12.1 Å². The fourth-order valence-corrected chi connectivity index (χ4v) is 3.38. The summed E-state index contributed by atoms with van der Waals surface area (Å²) in [6.07, 6.45) is 1.54. The summed E-state index contributed by atoms with van der Waals surface area (Å²) in [5, 5.41) is 14.1. The summed E-state index contributed by atoms with van der Waals surface area (Å²) in [6.45, 7) is 7.53. The summed E-state index contributed by atoms with van der Waals surface area (Å²) in [6, 6.07) is 0. The van der Waals surface area contributed by atoms with Gasteiger partial charge >= 0.3 is 5.97 Å². The van der Waals surface area contributed by atoms with E-state index in [-0.39, 0.29) is 10.8 Å². The lowest BCUT2D eigenvalue weighted by Gasteiger charge is -2.47. The molecule has 0 aromatic rings. The second-order valence-electron chi connectivity index (χ2n) is 5.78. The summed E-state index contributed by atoms with van der Waals surface area (Å²) in [5.74, 6) is -0.00999. The first-order valence-corrected chi connectivity index (χ1v) is 5.74. The quantitative estimate of drug-likeness (QED) is 0.546. The Balaban J connectivity index is 2.31. The van der Waals surface area contributed by atoms with E-state index in [1.54, 1.807) is 0 Å². The third-order valence-corrected chi connectivity index (χ3v) is 4.46. The predicted octanol–water partition coefficient (Wildman–Crippen LogP) is 1.72. The zero-order valence-electron chi connectivity index (χ0n) is 10.3. The minimum Gasteiger partial charge on any atom is -0.386 e. The normalized spacial score (nSPS) is 42.7. The van der Waals surface area contributed by atoms with Crippen LogP contribution in [0.25, 0.3) is 0 Å². The lowest BCUT2D eigenvalue weighted by molar-refractivity contribution is -0.141. The first-order valence-electron chi connectivity index (χ1n) is 5.74. The Labute approximate surface area is 95.7 Å². The van der Waals surface area contributed by atoms with Gasteiger partial charge in [-0.3, -0.25) is 0 Å². The molecule has 2 saturated carbocycles. The monoisotopic (exact) mass is 225 g/mol. The number of carbonyl (C=O) groups is 1. The average Bonchev–Trinajstić information content (AvgIpc) is 2.20. The third-order valence-electron chi connectivity index (χ3n) is 4.46. The topological polar surface area (TPSA) is 58.9 Å². The van der Waals surface area contributed by atoms with E-state index in [9.17, 15) is 9.90 Å². The number of hydrogen-bond donors (Lipinski definition) is 1. The number of oxime groups is 1. The van der Waals surface area contributed by atoms with E-state index in [1.165, 1.54) is 6.92 Å². The largest absolute Gasteiger partial charge is 0.386 e. The average molecular weight is 225 g/mol. The Morgan fingerprint density at radius 1 is 1.50 bits per heavy atom. The lowest BCUT2D eigenvalue weighted by atomic mass is 9.57. The van der Waals surface area contributed by atoms with Crippen LogP contribution in [0.3, 0.4) is 0 Å². The summed E-state index contributed by atoms with van der Waals surface area (Å²) < 4.78 is 0. The molecular weight excluding hydrogens is 206 g/mol. The van der Waals surface area contributed by atoms with E-state index in [2.05, 4.69) is 25.9 Å². The van der Waals surface area contributed by atoms with Crippen molar-refractivity contribution in [2.24, 2.45) is 21.9 Å². The maximum absolute atomic E-state index is 10.8. The fraction of sp³-hybridized carbons (Fsp3) is 0.833. The van der Waals surface area contributed by atoms with E-state index in [4.69, 9.17) is 4.84 Å². The molecular formula is C12H19NO3. The van der Waals surface area contributed by atoms with Crippen molar-refractivity contribution in [1.82, 2.24) is 0 Å². The zero-order chi connectivity index (χ0) is 12.1. The molecule has 0 aliphatic heterocycles. The van der Waals surface area contributed by atoms with Crippen LogP contribution in [-0.2, 0) is 9.63 Å². The van der Waals surface area contributed by atoms with Crippen molar-refractivity contribution in [2.75, 3.05) is 0 Å². The number of fused-ring (bicyclic) bond motifs is 1. The first-order chi connectivity index (χ1) is 7.30. The van der Waals surface area contributed by atoms with Crippen LogP contribution in [-0.4, -0.2) is 22.9 Å². The summed E-state index contributed by atoms with van der Waals surface area (Å²) >= 11 is 0. The summed E-state index contributed by atoms with van der Waals surface area (Å²) in [4.78, 5) is 15.5. The Morgan fingerprint density at radius 3 is 2.44 bits per heavy atom. The molecule has 0 spiro atoms. The van der Waals surface area contributed by atoms with E-state index >= 15 is 0 Å². The molecule has 2 rings (SSSR count). The maximum atomic E-state index is 10.8. The molecule has 4 heteroatoms. The van der Waals surface area contributed by atoms with Gasteiger partial charge in [-0.2, -0.15) is 0 Å². The Morgan fingerprint density at radius 2 is 2.12 bits per heavy atom. The third kappa shape index (κ3) is 1.32. The molecule has 0 radical (unpaired) electrons. The minimum absolute atomic E-state index is 0.0809. The molecule has 4 nitrogen and oxygen atoms in total. The van der Waals surface area contributed by atoms with Gasteiger partial charge in [0, 0.05) is 17.8 Å². The van der Waals surface area contributed by atoms with Gasteiger partial charge < -0.3 is 9.94 Å². The van der Waals surface area contributed by atoms with Crippen LogP contribution in [0.4, 0.5) is 0 Å². The van der Waals surface area contributed by atoms with E-state index in [1.807, 2.05) is 0 Å². The highest BCUT2D eigenvalue weighted by atomic mass is 16.7. The van der Waals surface area contributed by atoms with Crippen molar-refractivity contribution in [2.45, 2.75) is 46.6 Å². The van der Waals surface area contributed by atoms with Gasteiger partial charge in [-0.05, 0) is 18.8 Å². The SMILES string of the molecule is CC(=O)ON=C1C(O)C2(C)CCC2C1(C)C. The highest BCUT2D eigenvalue weighted by Crippen LogP contribution is 2.63. The van der Waals surface area contributed by atoms with Crippen LogP contribution in [0, 0.1) is 16.7 Å². The second-order valence-corrected chi connectivity index (χ2v) is 5.78. The van der Waals surface area contributed by atoms with Crippen LogP contribution in [0.1, 0.15) is 40.5 Å². The summed E-state index contributed by atoms with van der Waals surface area (Å²) in [7, 11) is 0. The molecule has 1 N–H and O–H groups in total. The number of aliphatic hydroxyl groups is 1. The molecule has 16 heavy (non-hydrogen) atoms. The molecule has 0 bridgehead atoms. The molecule has 0 amide bonds. The van der Waals surface area contributed by atoms with Gasteiger partial charge in [0.1, 0.15) is 6.10 Å². The Hall–Kier alpha value is -0.900. The van der Waals surface area contributed by atoms with Gasteiger partial charge in [0.2, 0.25) is 0 Å². The Bertz CT molecular complexity index is 361. The van der Waals surface area contributed by atoms with Crippen LogP contribution in [0.15, 0.2) is 5.16 Å².